The minimum Gasteiger partial charge on any atom is -0.388 e. The second kappa shape index (κ2) is 5.89. The van der Waals surface area contributed by atoms with E-state index >= 15 is 0 Å². The number of H-pyrrole nitrogens is 2. The van der Waals surface area contributed by atoms with Crippen molar-refractivity contribution in [3.8, 4) is 0 Å². The number of aliphatic hydroxyl groups excluding tert-OH is 1. The number of nitrogens with one attached hydrogen (secondary N) is 2. The zero-order chi connectivity index (χ0) is 17.4. The fourth-order valence-corrected chi connectivity index (χ4v) is 2.45. The number of nitrogens with zero attached hydrogens (tertiary/aromatic N) is 2. The Hall–Kier alpha value is -3.00. The molecule has 0 aliphatic heterocycles. The van der Waals surface area contributed by atoms with Crippen LogP contribution in [-0.2, 0) is 13.5 Å². The monoisotopic (exact) mass is 328 g/mol. The van der Waals surface area contributed by atoms with Crippen LogP contribution in [0.2, 0.25) is 0 Å². The van der Waals surface area contributed by atoms with E-state index in [2.05, 4.69) is 15.0 Å². The van der Waals surface area contributed by atoms with Crippen LogP contribution >= 0.6 is 0 Å². The van der Waals surface area contributed by atoms with Crippen molar-refractivity contribution in [1.29, 1.82) is 0 Å². The first-order chi connectivity index (χ1) is 11.4. The van der Waals surface area contributed by atoms with E-state index in [1.54, 1.807) is 12.1 Å². The number of aromatic amines is 2. The summed E-state index contributed by atoms with van der Waals surface area (Å²) in [6.45, 7) is 1.93. The van der Waals surface area contributed by atoms with Gasteiger partial charge in [-0.15, -0.1) is 0 Å². The molecule has 24 heavy (non-hydrogen) atoms. The highest BCUT2D eigenvalue weighted by Gasteiger charge is 2.15. The molecule has 3 aromatic rings. The van der Waals surface area contributed by atoms with Gasteiger partial charge in [-0.1, -0.05) is 29.8 Å². The molecule has 8 nitrogen and oxygen atoms in total. The second-order valence-electron chi connectivity index (χ2n) is 5.66. The summed E-state index contributed by atoms with van der Waals surface area (Å²) in [6, 6.07) is 7.26. The highest BCUT2D eigenvalue weighted by Crippen LogP contribution is 2.16. The summed E-state index contributed by atoms with van der Waals surface area (Å²) >= 11 is 0. The molecule has 0 aliphatic rings. The van der Waals surface area contributed by atoms with Crippen LogP contribution in [0.15, 0.2) is 38.6 Å². The molecule has 3 rings (SSSR count). The maximum Gasteiger partial charge on any atom is 0.329 e. The van der Waals surface area contributed by atoms with E-state index in [4.69, 9.17) is 0 Å². The number of hydrogen-bond acceptors (Lipinski definition) is 5. The van der Waals surface area contributed by atoms with Gasteiger partial charge in [0.05, 0.1) is 6.10 Å². The summed E-state index contributed by atoms with van der Waals surface area (Å²) in [6.07, 6.45) is -0.973. The summed E-state index contributed by atoms with van der Waals surface area (Å²) in [7, 11) is 1.42. The molecule has 0 spiro atoms. The third kappa shape index (κ3) is 2.79. The Morgan fingerprint density at radius 1 is 1.12 bits per heavy atom. The third-order valence-electron chi connectivity index (χ3n) is 3.89. The van der Waals surface area contributed by atoms with Crippen LogP contribution in [0.4, 0.5) is 0 Å². The van der Waals surface area contributed by atoms with E-state index < -0.39 is 22.9 Å². The zero-order valence-electron chi connectivity index (χ0n) is 13.2. The Balaban J connectivity index is 2.06. The standard InChI is InChI=1S/C16H16N4O4/c1-8-3-5-9(6-4-8)11(21)7-10-14(22)18-13-12(17-10)15(23)19-16(24)20(13)2/h3-6,11,21H,7H2,1-2H3,(H,18,22)(H,19,23,24)/t11-/m1/s1. The lowest BCUT2D eigenvalue weighted by atomic mass is 10.0. The molecule has 8 heteroatoms. The van der Waals surface area contributed by atoms with E-state index in [1.165, 1.54) is 7.05 Å². The number of benzene rings is 1. The van der Waals surface area contributed by atoms with Gasteiger partial charge < -0.3 is 10.1 Å². The molecule has 1 aromatic carbocycles. The molecule has 0 saturated heterocycles. The molecule has 0 fully saturated rings. The fourth-order valence-electron chi connectivity index (χ4n) is 2.45. The third-order valence-corrected chi connectivity index (χ3v) is 3.89. The summed E-state index contributed by atoms with van der Waals surface area (Å²) in [4.78, 5) is 44.3. The van der Waals surface area contributed by atoms with E-state index in [-0.39, 0.29) is 23.3 Å². The largest absolute Gasteiger partial charge is 0.388 e. The van der Waals surface area contributed by atoms with Crippen LogP contribution in [0.1, 0.15) is 22.9 Å². The molecule has 2 heterocycles. The SMILES string of the molecule is Cc1ccc([C@H](O)Cc2nc3c(=O)[nH]c(=O)n(C)c3[nH]c2=O)cc1. The number of hydrogen-bond donors (Lipinski definition) is 3. The molecule has 3 N–H and O–H groups in total. The van der Waals surface area contributed by atoms with Gasteiger partial charge in [0.15, 0.2) is 5.52 Å². The number of aliphatic hydroxyl groups is 1. The summed E-state index contributed by atoms with van der Waals surface area (Å²) in [5.41, 5.74) is -0.150. The van der Waals surface area contributed by atoms with Gasteiger partial charge in [0.1, 0.15) is 11.3 Å². The molecule has 0 aliphatic carbocycles. The number of rotatable bonds is 3. The lowest BCUT2D eigenvalue weighted by Gasteiger charge is -2.11. The van der Waals surface area contributed by atoms with E-state index in [0.29, 0.717) is 5.56 Å². The molecule has 1 atom stereocenters. The van der Waals surface area contributed by atoms with Crippen LogP contribution in [-0.4, -0.2) is 24.6 Å². The predicted molar refractivity (Wildman–Crippen MR) is 88.1 cm³/mol. The quantitative estimate of drug-likeness (QED) is 0.620. The van der Waals surface area contributed by atoms with Crippen LogP contribution in [0.5, 0.6) is 0 Å². The molecule has 0 amide bonds. The molecule has 124 valence electrons. The average molecular weight is 328 g/mol. The van der Waals surface area contributed by atoms with Crippen molar-refractivity contribution in [3.63, 3.8) is 0 Å². The average Bonchev–Trinajstić information content (AvgIpc) is 2.54. The number of aromatic nitrogens is 4. The molecule has 0 bridgehead atoms. The first-order valence-electron chi connectivity index (χ1n) is 7.33. The van der Waals surface area contributed by atoms with Gasteiger partial charge in [-0.3, -0.25) is 19.1 Å². The van der Waals surface area contributed by atoms with E-state index in [1.807, 2.05) is 19.1 Å². The Labute approximate surface area is 135 Å². The molecule has 0 unspecified atom stereocenters. The summed E-state index contributed by atoms with van der Waals surface area (Å²) in [5, 5.41) is 10.3. The fraction of sp³-hybridized carbons (Fsp3) is 0.250. The maximum atomic E-state index is 12.2. The van der Waals surface area contributed by atoms with Crippen molar-refractivity contribution < 1.29 is 5.11 Å². The van der Waals surface area contributed by atoms with Crippen molar-refractivity contribution in [2.75, 3.05) is 0 Å². The van der Waals surface area contributed by atoms with Crippen LogP contribution in [0, 0.1) is 6.92 Å². The maximum absolute atomic E-state index is 12.2. The van der Waals surface area contributed by atoms with Crippen molar-refractivity contribution in [3.05, 3.63) is 72.3 Å². The van der Waals surface area contributed by atoms with E-state index in [0.717, 1.165) is 10.1 Å². The van der Waals surface area contributed by atoms with Gasteiger partial charge in [-0.05, 0) is 12.5 Å². The molecule has 0 radical (unpaired) electrons. The lowest BCUT2D eigenvalue weighted by Crippen LogP contribution is -2.32. The number of aryl methyl sites for hydroxylation is 2. The van der Waals surface area contributed by atoms with Gasteiger partial charge in [0.2, 0.25) is 0 Å². The minimum atomic E-state index is -0.928. The highest BCUT2D eigenvalue weighted by atomic mass is 16.3. The number of fused-ring (bicyclic) bond motifs is 1. The van der Waals surface area contributed by atoms with Gasteiger partial charge in [0, 0.05) is 13.5 Å². The normalized spacial score (nSPS) is 12.5. The predicted octanol–water partition coefficient (Wildman–Crippen LogP) is -0.105. The second-order valence-corrected chi connectivity index (χ2v) is 5.66. The smallest absolute Gasteiger partial charge is 0.329 e. The van der Waals surface area contributed by atoms with Crippen molar-refractivity contribution >= 4 is 11.2 Å². The zero-order valence-corrected chi connectivity index (χ0v) is 13.2. The van der Waals surface area contributed by atoms with Gasteiger partial charge in [-0.25, -0.2) is 9.78 Å². The van der Waals surface area contributed by atoms with Gasteiger partial charge in [-0.2, -0.15) is 0 Å². The Kier molecular flexibility index (Phi) is 3.90. The van der Waals surface area contributed by atoms with Crippen molar-refractivity contribution in [2.45, 2.75) is 19.4 Å². The lowest BCUT2D eigenvalue weighted by molar-refractivity contribution is 0.177. The molecular formula is C16H16N4O4. The summed E-state index contributed by atoms with van der Waals surface area (Å²) in [5.74, 6) is 0. The van der Waals surface area contributed by atoms with Gasteiger partial charge in [0.25, 0.3) is 11.1 Å². The Morgan fingerprint density at radius 2 is 1.79 bits per heavy atom. The molecular weight excluding hydrogens is 312 g/mol. The van der Waals surface area contributed by atoms with Crippen LogP contribution in [0.3, 0.4) is 0 Å². The van der Waals surface area contributed by atoms with Gasteiger partial charge >= 0.3 is 5.69 Å². The van der Waals surface area contributed by atoms with Crippen molar-refractivity contribution in [2.24, 2.45) is 7.05 Å². The first-order valence-corrected chi connectivity index (χ1v) is 7.33. The highest BCUT2D eigenvalue weighted by molar-refractivity contribution is 5.68. The molecule has 2 aromatic heterocycles. The van der Waals surface area contributed by atoms with Crippen LogP contribution < -0.4 is 16.8 Å². The van der Waals surface area contributed by atoms with E-state index in [9.17, 15) is 19.5 Å². The molecule has 0 saturated carbocycles. The Morgan fingerprint density at radius 3 is 2.46 bits per heavy atom. The van der Waals surface area contributed by atoms with Crippen LogP contribution in [0.25, 0.3) is 11.2 Å². The van der Waals surface area contributed by atoms with Crippen molar-refractivity contribution in [1.82, 2.24) is 19.5 Å². The minimum absolute atomic E-state index is 0.0275. The Bertz CT molecular complexity index is 1080. The summed E-state index contributed by atoms with van der Waals surface area (Å²) < 4.78 is 1.10. The topological polar surface area (TPSA) is 121 Å². The first kappa shape index (κ1) is 15.9.